The highest BCUT2D eigenvalue weighted by Crippen LogP contribution is 2.31. The number of aryl methyl sites for hydroxylation is 1. The molecule has 1 N–H and O–H groups in total. The summed E-state index contributed by atoms with van der Waals surface area (Å²) in [6, 6.07) is 13.5. The number of hydrogen-bond acceptors (Lipinski definition) is 4. The number of benzene rings is 2. The van der Waals surface area contributed by atoms with Crippen molar-refractivity contribution < 1.29 is 13.2 Å². The molecule has 25 heavy (non-hydrogen) atoms. The van der Waals surface area contributed by atoms with Crippen LogP contribution in [0.25, 0.3) is 0 Å². The van der Waals surface area contributed by atoms with Gasteiger partial charge in [-0.05, 0) is 71.5 Å². The molecule has 0 saturated heterocycles. The van der Waals surface area contributed by atoms with E-state index in [4.69, 9.17) is 0 Å². The van der Waals surface area contributed by atoms with Crippen molar-refractivity contribution in [2.24, 2.45) is 4.99 Å². The summed E-state index contributed by atoms with van der Waals surface area (Å²) in [6.45, 7) is 1.86. The first kappa shape index (κ1) is 17.8. The summed E-state index contributed by atoms with van der Waals surface area (Å²) in [6.07, 6.45) is 4.72. The standard InChI is InChI=1S/C18H15IN2O3S/c1-13-3-9-16(10-4-13)25(23,24)21-17(22)18(11-2-12-20-18)14-5-7-15(19)8-6-14/h2-12H,1H3,(H,21,22). The van der Waals surface area contributed by atoms with E-state index in [1.807, 2.05) is 19.1 Å². The van der Waals surface area contributed by atoms with Crippen LogP contribution in [0.15, 0.2) is 70.6 Å². The fraction of sp³-hybridized carbons (Fsp3) is 0.111. The normalized spacial score (nSPS) is 19.1. The number of sulfonamides is 1. The zero-order valence-corrected chi connectivity index (χ0v) is 16.3. The van der Waals surface area contributed by atoms with E-state index in [1.165, 1.54) is 18.3 Å². The molecule has 1 unspecified atom stereocenters. The van der Waals surface area contributed by atoms with Crippen LogP contribution >= 0.6 is 22.6 Å². The molecule has 2 aromatic rings. The van der Waals surface area contributed by atoms with Gasteiger partial charge < -0.3 is 0 Å². The van der Waals surface area contributed by atoms with Crippen LogP contribution in [0.5, 0.6) is 0 Å². The van der Waals surface area contributed by atoms with Crippen molar-refractivity contribution in [3.8, 4) is 0 Å². The predicted molar refractivity (Wildman–Crippen MR) is 105 cm³/mol. The van der Waals surface area contributed by atoms with E-state index < -0.39 is 21.5 Å². The quantitative estimate of drug-likeness (QED) is 0.705. The molecule has 3 rings (SSSR count). The third-order valence-electron chi connectivity index (χ3n) is 3.89. The summed E-state index contributed by atoms with van der Waals surface area (Å²) in [5.74, 6) is -0.709. The first-order chi connectivity index (χ1) is 11.8. The molecule has 0 spiro atoms. The highest BCUT2D eigenvalue weighted by atomic mass is 127. The van der Waals surface area contributed by atoms with Gasteiger partial charge in [-0.3, -0.25) is 9.79 Å². The van der Waals surface area contributed by atoms with Crippen molar-refractivity contribution in [2.45, 2.75) is 17.4 Å². The SMILES string of the molecule is Cc1ccc(S(=O)(=O)NC(=O)C2(c3ccc(I)cc3)C=CC=N2)cc1. The van der Waals surface area contributed by atoms with Crippen molar-refractivity contribution in [3.05, 3.63) is 75.4 Å². The molecule has 0 bridgehead atoms. The van der Waals surface area contributed by atoms with E-state index >= 15 is 0 Å². The fourth-order valence-corrected chi connectivity index (χ4v) is 3.87. The molecule has 1 atom stereocenters. The molecule has 1 heterocycles. The maximum Gasteiger partial charge on any atom is 0.270 e. The summed E-state index contributed by atoms with van der Waals surface area (Å²) >= 11 is 2.16. The first-order valence-corrected chi connectivity index (χ1v) is 10.0. The molecule has 7 heteroatoms. The largest absolute Gasteiger partial charge is 0.270 e. The number of allylic oxidation sites excluding steroid dienone is 1. The number of nitrogens with zero attached hydrogens (tertiary/aromatic N) is 1. The van der Waals surface area contributed by atoms with Crippen LogP contribution in [-0.2, 0) is 20.4 Å². The summed E-state index contributed by atoms with van der Waals surface area (Å²) in [5, 5.41) is 0. The molecule has 1 amide bonds. The minimum absolute atomic E-state index is 0.0372. The highest BCUT2D eigenvalue weighted by Gasteiger charge is 2.40. The van der Waals surface area contributed by atoms with Crippen molar-refractivity contribution >= 4 is 44.7 Å². The van der Waals surface area contributed by atoms with Gasteiger partial charge in [0.25, 0.3) is 15.9 Å². The van der Waals surface area contributed by atoms with Crippen LogP contribution in [-0.4, -0.2) is 20.5 Å². The van der Waals surface area contributed by atoms with Gasteiger partial charge in [0.15, 0.2) is 5.54 Å². The maximum atomic E-state index is 12.9. The molecule has 0 saturated carbocycles. The summed E-state index contributed by atoms with van der Waals surface area (Å²) in [5.41, 5.74) is 0.167. The van der Waals surface area contributed by atoms with Gasteiger partial charge in [0.05, 0.1) is 4.90 Å². The molecule has 0 aliphatic carbocycles. The van der Waals surface area contributed by atoms with Crippen LogP contribution in [0.4, 0.5) is 0 Å². The third kappa shape index (κ3) is 3.52. The summed E-state index contributed by atoms with van der Waals surface area (Å²) in [7, 11) is -3.98. The summed E-state index contributed by atoms with van der Waals surface area (Å²) < 4.78 is 28.2. The Bertz CT molecular complexity index is 950. The van der Waals surface area contributed by atoms with Crippen molar-refractivity contribution in [3.63, 3.8) is 0 Å². The number of rotatable bonds is 4. The zero-order chi connectivity index (χ0) is 18.1. The Morgan fingerprint density at radius 2 is 1.72 bits per heavy atom. The van der Waals surface area contributed by atoms with Gasteiger partial charge in [0.1, 0.15) is 0 Å². The first-order valence-electron chi connectivity index (χ1n) is 7.46. The lowest BCUT2D eigenvalue weighted by Crippen LogP contribution is -2.43. The molecule has 5 nitrogen and oxygen atoms in total. The van der Waals surface area contributed by atoms with Gasteiger partial charge >= 0.3 is 0 Å². The van der Waals surface area contributed by atoms with E-state index in [1.54, 1.807) is 36.4 Å². The Kier molecular flexibility index (Phi) is 4.79. The van der Waals surface area contributed by atoms with E-state index in [9.17, 15) is 13.2 Å². The number of carbonyl (C=O) groups is 1. The minimum atomic E-state index is -3.98. The molecule has 128 valence electrons. The predicted octanol–water partition coefficient (Wildman–Crippen LogP) is 2.94. The number of amides is 1. The van der Waals surface area contributed by atoms with Crippen LogP contribution in [0.2, 0.25) is 0 Å². The molecular formula is C18H15IN2O3S. The van der Waals surface area contributed by atoms with Gasteiger partial charge in [-0.2, -0.15) is 0 Å². The number of hydrogen-bond donors (Lipinski definition) is 1. The number of carbonyl (C=O) groups excluding carboxylic acids is 1. The Balaban J connectivity index is 1.95. The second-order valence-corrected chi connectivity index (χ2v) is 8.59. The van der Waals surface area contributed by atoms with Crippen LogP contribution in [0, 0.1) is 10.5 Å². The summed E-state index contributed by atoms with van der Waals surface area (Å²) in [4.78, 5) is 17.1. The topological polar surface area (TPSA) is 75.6 Å². The van der Waals surface area contributed by atoms with Gasteiger partial charge in [-0.1, -0.05) is 29.8 Å². The van der Waals surface area contributed by atoms with Gasteiger partial charge in [0, 0.05) is 9.78 Å². The monoisotopic (exact) mass is 466 g/mol. The van der Waals surface area contributed by atoms with Crippen molar-refractivity contribution in [2.75, 3.05) is 0 Å². The lowest BCUT2D eigenvalue weighted by molar-refractivity contribution is -0.123. The molecule has 1 aliphatic heterocycles. The number of nitrogens with one attached hydrogen (secondary N) is 1. The number of aliphatic imine (C=N–C) groups is 1. The van der Waals surface area contributed by atoms with Crippen LogP contribution in [0.3, 0.4) is 0 Å². The Morgan fingerprint density at radius 1 is 1.08 bits per heavy atom. The van der Waals surface area contributed by atoms with Crippen LogP contribution < -0.4 is 4.72 Å². The van der Waals surface area contributed by atoms with E-state index in [2.05, 4.69) is 32.3 Å². The number of halogens is 1. The van der Waals surface area contributed by atoms with Crippen molar-refractivity contribution in [1.82, 2.24) is 4.72 Å². The average molecular weight is 466 g/mol. The Labute approximate surface area is 160 Å². The van der Waals surface area contributed by atoms with E-state index in [0.717, 1.165) is 9.13 Å². The maximum absolute atomic E-state index is 12.9. The van der Waals surface area contributed by atoms with Gasteiger partial charge in [0.2, 0.25) is 0 Å². The Morgan fingerprint density at radius 3 is 2.28 bits per heavy atom. The molecule has 0 fully saturated rings. The molecule has 0 radical (unpaired) electrons. The zero-order valence-electron chi connectivity index (χ0n) is 13.3. The lowest BCUT2D eigenvalue weighted by atomic mass is 9.90. The third-order valence-corrected chi connectivity index (χ3v) is 5.96. The second-order valence-electron chi connectivity index (χ2n) is 5.66. The minimum Gasteiger partial charge on any atom is -0.270 e. The van der Waals surface area contributed by atoms with Crippen molar-refractivity contribution in [1.29, 1.82) is 0 Å². The van der Waals surface area contributed by atoms with Gasteiger partial charge in [-0.25, -0.2) is 13.1 Å². The van der Waals surface area contributed by atoms with E-state index in [0.29, 0.717) is 5.56 Å². The van der Waals surface area contributed by atoms with Gasteiger partial charge in [-0.15, -0.1) is 0 Å². The fourth-order valence-electron chi connectivity index (χ4n) is 2.50. The average Bonchev–Trinajstić information content (AvgIpc) is 3.06. The Hall–Kier alpha value is -2.00. The molecular weight excluding hydrogens is 451 g/mol. The van der Waals surface area contributed by atoms with Crippen LogP contribution in [0.1, 0.15) is 11.1 Å². The smallest absolute Gasteiger partial charge is 0.270 e. The molecule has 0 aromatic heterocycles. The molecule has 2 aromatic carbocycles. The second kappa shape index (κ2) is 6.72. The van der Waals surface area contributed by atoms with E-state index in [-0.39, 0.29) is 4.90 Å². The molecule has 1 aliphatic rings. The highest BCUT2D eigenvalue weighted by molar-refractivity contribution is 14.1. The lowest BCUT2D eigenvalue weighted by Gasteiger charge is -2.23.